The van der Waals surface area contributed by atoms with E-state index in [9.17, 15) is 13.2 Å². The van der Waals surface area contributed by atoms with E-state index in [1.807, 2.05) is 4.72 Å². The zero-order valence-electron chi connectivity index (χ0n) is 10.0. The maximum absolute atomic E-state index is 11.5. The van der Waals surface area contributed by atoms with E-state index in [2.05, 4.69) is 0 Å². The topological polar surface area (TPSA) is 121 Å². The van der Waals surface area contributed by atoms with E-state index in [0.717, 1.165) is 6.92 Å². The fraction of sp³-hybridized carbons (Fsp3) is 0.125. The average molecular weight is 256 g/mol. The fourth-order valence-corrected chi connectivity index (χ4v) is 2.09. The third-order valence-electron chi connectivity index (χ3n) is 1.49. The van der Waals surface area contributed by atoms with Gasteiger partial charge in [-0.15, -0.1) is 0 Å². The van der Waals surface area contributed by atoms with E-state index in [1.165, 1.54) is 18.2 Å². The Balaban J connectivity index is -0.000000653. The van der Waals surface area contributed by atoms with Gasteiger partial charge in [0.1, 0.15) is 4.90 Å². The minimum Gasteiger partial charge on any atom is -1.00 e. The van der Waals surface area contributed by atoms with Gasteiger partial charge in [0.15, 0.2) is 0 Å². The Morgan fingerprint density at radius 2 is 1.88 bits per heavy atom. The van der Waals surface area contributed by atoms with Crippen LogP contribution >= 0.6 is 0 Å². The average Bonchev–Trinajstić information content (AvgIpc) is 2.02. The van der Waals surface area contributed by atoms with E-state index in [0.29, 0.717) is 0 Å². The molecule has 0 spiro atoms. The van der Waals surface area contributed by atoms with Gasteiger partial charge in [0.25, 0.3) is 10.0 Å². The first-order chi connectivity index (χ1) is 6.43. The Bertz CT molecular complexity index is 466. The van der Waals surface area contributed by atoms with Crippen LogP contribution in [-0.4, -0.2) is 19.8 Å². The summed E-state index contributed by atoms with van der Waals surface area (Å²) in [5, 5.41) is 0. The summed E-state index contributed by atoms with van der Waals surface area (Å²) in [6.45, 7) is 1.12. The van der Waals surface area contributed by atoms with Crippen LogP contribution in [0.4, 0.5) is 5.69 Å². The maximum Gasteiger partial charge on any atom is 1.00 e. The molecule has 0 aliphatic rings. The molecule has 0 saturated carbocycles. The number of nitrogens with two attached hydrogens (primary N) is 1. The van der Waals surface area contributed by atoms with Crippen molar-refractivity contribution in [2.75, 3.05) is 5.73 Å². The minimum atomic E-state index is -3.81. The summed E-state index contributed by atoms with van der Waals surface area (Å²) in [7, 11) is -3.81. The molecule has 6 nitrogen and oxygen atoms in total. The number of nitrogens with one attached hydrogen (secondary N) is 1. The first-order valence-electron chi connectivity index (χ1n) is 3.81. The zero-order valence-corrected chi connectivity index (χ0v) is 11.8. The van der Waals surface area contributed by atoms with Gasteiger partial charge in [-0.25, -0.2) is 13.1 Å². The van der Waals surface area contributed by atoms with Crippen LogP contribution in [0.3, 0.4) is 0 Å². The molecule has 0 radical (unpaired) electrons. The van der Waals surface area contributed by atoms with E-state index in [4.69, 9.17) is 5.73 Å². The van der Waals surface area contributed by atoms with Crippen LogP contribution < -0.4 is 40.0 Å². The molecule has 1 aromatic carbocycles. The van der Waals surface area contributed by atoms with Crippen molar-refractivity contribution in [3.05, 3.63) is 24.3 Å². The summed E-state index contributed by atoms with van der Waals surface area (Å²) < 4.78 is 24.7. The van der Waals surface area contributed by atoms with Crippen molar-refractivity contribution >= 4 is 21.6 Å². The van der Waals surface area contributed by atoms with Crippen molar-refractivity contribution in [2.24, 2.45) is 0 Å². The summed E-state index contributed by atoms with van der Waals surface area (Å²) in [6, 6.07) is 5.93. The molecule has 8 heteroatoms. The van der Waals surface area contributed by atoms with Gasteiger partial charge in [0, 0.05) is 6.92 Å². The van der Waals surface area contributed by atoms with Gasteiger partial charge in [-0.05, 0) is 12.1 Å². The van der Waals surface area contributed by atoms with Crippen LogP contribution in [0.2, 0.25) is 0 Å². The Labute approximate surface area is 117 Å². The molecule has 0 aromatic heterocycles. The number of anilines is 1. The number of hydrogen-bond acceptors (Lipinski definition) is 4. The van der Waals surface area contributed by atoms with E-state index >= 15 is 0 Å². The smallest absolute Gasteiger partial charge is 1.00 e. The molecule has 0 unspecified atom stereocenters. The van der Waals surface area contributed by atoms with Crippen LogP contribution in [-0.2, 0) is 14.8 Å². The minimum absolute atomic E-state index is 0. The molecule has 86 valence electrons. The third kappa shape index (κ3) is 4.50. The van der Waals surface area contributed by atoms with E-state index < -0.39 is 15.9 Å². The van der Waals surface area contributed by atoms with E-state index in [1.54, 1.807) is 6.07 Å². The van der Waals surface area contributed by atoms with Gasteiger partial charge in [-0.1, -0.05) is 12.1 Å². The summed E-state index contributed by atoms with van der Waals surface area (Å²) in [5.74, 6) is -0.645. The number of benzene rings is 1. The predicted octanol–water partition coefficient (Wildman–Crippen LogP) is -3.61. The molecule has 1 aromatic rings. The molecule has 0 heterocycles. The summed E-state index contributed by atoms with van der Waals surface area (Å²) in [6.07, 6.45) is 0. The fourth-order valence-electron chi connectivity index (χ4n) is 0.969. The molecule has 16 heavy (non-hydrogen) atoms. The Morgan fingerprint density at radius 1 is 1.38 bits per heavy atom. The molecule has 5 N–H and O–H groups in total. The van der Waals surface area contributed by atoms with Crippen LogP contribution in [0, 0.1) is 0 Å². The van der Waals surface area contributed by atoms with Gasteiger partial charge >= 0.3 is 29.6 Å². The largest absolute Gasteiger partial charge is 1.00 e. The SMILES string of the molecule is CC(=O)NS(=O)(=O)c1ccccc1N.O.[H-].[Na+]. The normalized spacial score (nSPS) is 9.56. The second-order valence-electron chi connectivity index (χ2n) is 2.70. The van der Waals surface area contributed by atoms with Crippen molar-refractivity contribution in [1.82, 2.24) is 4.72 Å². The first-order valence-corrected chi connectivity index (χ1v) is 5.29. The number of amides is 1. The van der Waals surface area contributed by atoms with Crippen LogP contribution in [0.15, 0.2) is 29.2 Å². The van der Waals surface area contributed by atoms with Gasteiger partial charge in [-0.2, -0.15) is 0 Å². The number of nitrogen functional groups attached to an aromatic ring is 1. The second-order valence-corrected chi connectivity index (χ2v) is 4.35. The third-order valence-corrected chi connectivity index (χ3v) is 2.99. The quantitative estimate of drug-likeness (QED) is 0.419. The number of sulfonamides is 1. The number of hydrogen-bond donors (Lipinski definition) is 2. The second kappa shape index (κ2) is 6.87. The monoisotopic (exact) mass is 256 g/mol. The first kappa shape index (κ1) is 17.8. The number of para-hydroxylation sites is 1. The number of rotatable bonds is 2. The van der Waals surface area contributed by atoms with Crippen LogP contribution in [0.25, 0.3) is 0 Å². The van der Waals surface area contributed by atoms with Crippen LogP contribution in [0.5, 0.6) is 0 Å². The summed E-state index contributed by atoms with van der Waals surface area (Å²) >= 11 is 0. The Hall–Kier alpha value is -0.600. The molecular weight excluding hydrogens is 243 g/mol. The Morgan fingerprint density at radius 3 is 2.31 bits per heavy atom. The predicted molar refractivity (Wildman–Crippen MR) is 56.6 cm³/mol. The zero-order chi connectivity index (χ0) is 10.8. The molecule has 1 rings (SSSR count). The van der Waals surface area contributed by atoms with Gasteiger partial charge in [0.2, 0.25) is 5.91 Å². The van der Waals surface area contributed by atoms with Crippen molar-refractivity contribution in [3.8, 4) is 0 Å². The van der Waals surface area contributed by atoms with E-state index in [-0.39, 0.29) is 47.0 Å². The number of carbonyl (C=O) groups excluding carboxylic acids is 1. The molecular formula is C8H13N2NaO4S. The van der Waals surface area contributed by atoms with Crippen molar-refractivity contribution in [3.63, 3.8) is 0 Å². The van der Waals surface area contributed by atoms with Crippen molar-refractivity contribution in [1.29, 1.82) is 0 Å². The molecule has 0 saturated heterocycles. The molecule has 0 aliphatic carbocycles. The molecule has 0 atom stereocenters. The molecule has 1 amide bonds. The van der Waals surface area contributed by atoms with Crippen molar-refractivity contribution < 1.29 is 49.7 Å². The van der Waals surface area contributed by atoms with Crippen molar-refractivity contribution in [2.45, 2.75) is 11.8 Å². The summed E-state index contributed by atoms with van der Waals surface area (Å²) in [4.78, 5) is 10.5. The van der Waals surface area contributed by atoms with Crippen LogP contribution in [0.1, 0.15) is 8.35 Å². The Kier molecular flexibility index (Phi) is 7.64. The molecule has 0 aliphatic heterocycles. The number of carbonyl (C=O) groups is 1. The molecule has 0 fully saturated rings. The summed E-state index contributed by atoms with van der Waals surface area (Å²) in [5.41, 5.74) is 5.56. The van der Waals surface area contributed by atoms with Gasteiger partial charge < -0.3 is 12.6 Å². The van der Waals surface area contributed by atoms with Gasteiger partial charge in [0.05, 0.1) is 5.69 Å². The standard InChI is InChI=1S/C8H10N2O3S.Na.H2O.H/c1-6(11)10-14(12,13)8-5-3-2-4-7(8)9;;;/h2-5H,9H2,1H3,(H,10,11);;1H2;/q;+1;;-1. The van der Waals surface area contributed by atoms with Gasteiger partial charge in [-0.3, -0.25) is 4.79 Å². The molecule has 0 bridgehead atoms. The maximum atomic E-state index is 11.5.